The minimum absolute atomic E-state index is 0.0419. The van der Waals surface area contributed by atoms with Gasteiger partial charge in [0.25, 0.3) is 11.1 Å². The molecule has 0 saturated carbocycles. The summed E-state index contributed by atoms with van der Waals surface area (Å²) in [5.74, 6) is 2.61. The SMILES string of the molecule is O=C(CSc1nnc(-c2ccco2)o1)N1CCCC1c1ccc2c(c1)OCCO2. The molecule has 2 aromatic heterocycles. The third-order valence-electron chi connectivity index (χ3n) is 4.98. The second-order valence-electron chi connectivity index (χ2n) is 6.79. The number of furan rings is 1. The third kappa shape index (κ3) is 3.69. The summed E-state index contributed by atoms with van der Waals surface area (Å²) in [6, 6.07) is 9.47. The summed E-state index contributed by atoms with van der Waals surface area (Å²) in [5.41, 5.74) is 1.07. The van der Waals surface area contributed by atoms with Crippen LogP contribution in [0.5, 0.6) is 11.5 Å². The molecule has 4 heterocycles. The van der Waals surface area contributed by atoms with Gasteiger partial charge >= 0.3 is 0 Å². The maximum Gasteiger partial charge on any atom is 0.284 e. The van der Waals surface area contributed by atoms with E-state index in [0.29, 0.717) is 30.1 Å². The highest BCUT2D eigenvalue weighted by atomic mass is 32.2. The molecular weight excluding hydrogens is 394 g/mol. The molecule has 0 aliphatic carbocycles. The molecule has 3 aromatic rings. The second kappa shape index (κ2) is 7.82. The number of likely N-dealkylation sites (tertiary alicyclic amines) is 1. The standard InChI is InChI=1S/C20H19N3O5S/c24-18(12-29-20-22-21-19(28-20)16-4-2-8-25-16)23-7-1-3-14(23)13-5-6-15-17(11-13)27-10-9-26-15/h2,4-6,8,11,14H,1,3,7,9-10,12H2. The van der Waals surface area contributed by atoms with E-state index in [1.54, 1.807) is 18.4 Å². The van der Waals surface area contributed by atoms with Crippen molar-refractivity contribution in [3.05, 3.63) is 42.2 Å². The number of carbonyl (C=O) groups excluding carboxylic acids is 1. The molecule has 1 unspecified atom stereocenters. The van der Waals surface area contributed by atoms with E-state index in [1.807, 2.05) is 23.1 Å². The zero-order chi connectivity index (χ0) is 19.6. The van der Waals surface area contributed by atoms with Crippen LogP contribution in [0, 0.1) is 0 Å². The van der Waals surface area contributed by atoms with Gasteiger partial charge in [-0.25, -0.2) is 0 Å². The van der Waals surface area contributed by atoms with Crippen molar-refractivity contribution >= 4 is 17.7 Å². The van der Waals surface area contributed by atoms with Crippen molar-refractivity contribution < 1.29 is 23.1 Å². The van der Waals surface area contributed by atoms with Crippen LogP contribution in [0.15, 0.2) is 50.7 Å². The summed E-state index contributed by atoms with van der Waals surface area (Å²) in [6.07, 6.45) is 3.44. The average Bonchev–Trinajstić information content (AvgIpc) is 3.52. The van der Waals surface area contributed by atoms with E-state index in [0.717, 1.165) is 36.4 Å². The van der Waals surface area contributed by atoms with Gasteiger partial charge in [-0.2, -0.15) is 0 Å². The Hall–Kier alpha value is -2.94. The average molecular weight is 413 g/mol. The predicted molar refractivity (Wildman–Crippen MR) is 104 cm³/mol. The summed E-state index contributed by atoms with van der Waals surface area (Å²) >= 11 is 1.24. The van der Waals surface area contributed by atoms with Gasteiger partial charge in [0.15, 0.2) is 17.3 Å². The number of carbonyl (C=O) groups is 1. The molecule has 8 nitrogen and oxygen atoms in total. The molecular formula is C20H19N3O5S. The van der Waals surface area contributed by atoms with E-state index in [4.69, 9.17) is 18.3 Å². The predicted octanol–water partition coefficient (Wildman–Crippen LogP) is 3.56. The first-order valence-electron chi connectivity index (χ1n) is 9.47. The van der Waals surface area contributed by atoms with Crippen molar-refractivity contribution in [1.82, 2.24) is 15.1 Å². The van der Waals surface area contributed by atoms with Crippen LogP contribution in [-0.2, 0) is 4.79 Å². The van der Waals surface area contributed by atoms with Crippen LogP contribution >= 0.6 is 11.8 Å². The van der Waals surface area contributed by atoms with E-state index >= 15 is 0 Å². The first-order valence-corrected chi connectivity index (χ1v) is 10.5. The molecule has 0 bridgehead atoms. The van der Waals surface area contributed by atoms with Crippen LogP contribution < -0.4 is 9.47 Å². The van der Waals surface area contributed by atoms with E-state index < -0.39 is 0 Å². The summed E-state index contributed by atoms with van der Waals surface area (Å²) in [6.45, 7) is 1.85. The Morgan fingerprint density at radius 1 is 1.17 bits per heavy atom. The molecule has 1 amide bonds. The van der Waals surface area contributed by atoms with Gasteiger partial charge in [0, 0.05) is 6.54 Å². The summed E-state index contributed by atoms with van der Waals surface area (Å²) in [7, 11) is 0. The fourth-order valence-electron chi connectivity index (χ4n) is 3.65. The highest BCUT2D eigenvalue weighted by Crippen LogP contribution is 2.38. The van der Waals surface area contributed by atoms with E-state index in [9.17, 15) is 4.79 Å². The lowest BCUT2D eigenvalue weighted by Crippen LogP contribution is -2.32. The van der Waals surface area contributed by atoms with Crippen LogP contribution in [-0.4, -0.2) is 46.5 Å². The number of amides is 1. The molecule has 2 aliphatic rings. The van der Waals surface area contributed by atoms with Crippen molar-refractivity contribution in [2.45, 2.75) is 24.1 Å². The molecule has 0 N–H and O–H groups in total. The molecule has 0 radical (unpaired) electrons. The van der Waals surface area contributed by atoms with Gasteiger partial charge in [0.2, 0.25) is 5.91 Å². The van der Waals surface area contributed by atoms with E-state index in [1.165, 1.54) is 11.8 Å². The quantitative estimate of drug-likeness (QED) is 0.587. The first-order chi connectivity index (χ1) is 14.3. The van der Waals surface area contributed by atoms with Gasteiger partial charge in [-0.05, 0) is 42.7 Å². The Morgan fingerprint density at radius 3 is 2.93 bits per heavy atom. The molecule has 1 aromatic carbocycles. The molecule has 1 fully saturated rings. The van der Waals surface area contributed by atoms with Crippen molar-refractivity contribution in [3.63, 3.8) is 0 Å². The monoisotopic (exact) mass is 413 g/mol. The molecule has 2 aliphatic heterocycles. The van der Waals surface area contributed by atoms with Crippen LogP contribution in [0.2, 0.25) is 0 Å². The number of hydrogen-bond donors (Lipinski definition) is 0. The lowest BCUT2D eigenvalue weighted by Gasteiger charge is -2.26. The number of benzene rings is 1. The van der Waals surface area contributed by atoms with Crippen molar-refractivity contribution in [1.29, 1.82) is 0 Å². The van der Waals surface area contributed by atoms with Crippen molar-refractivity contribution in [3.8, 4) is 23.1 Å². The zero-order valence-corrected chi connectivity index (χ0v) is 16.4. The Kier molecular flexibility index (Phi) is 4.89. The smallest absolute Gasteiger partial charge is 0.284 e. The van der Waals surface area contributed by atoms with Crippen LogP contribution in [0.25, 0.3) is 11.7 Å². The fraction of sp³-hybridized carbons (Fsp3) is 0.350. The maximum absolute atomic E-state index is 12.9. The van der Waals surface area contributed by atoms with E-state index in [-0.39, 0.29) is 17.7 Å². The minimum atomic E-state index is 0.0419. The van der Waals surface area contributed by atoms with Gasteiger partial charge in [-0.15, -0.1) is 10.2 Å². The number of ether oxygens (including phenoxy) is 2. The fourth-order valence-corrected chi connectivity index (χ4v) is 4.30. The van der Waals surface area contributed by atoms with Crippen molar-refractivity contribution in [2.24, 2.45) is 0 Å². The third-order valence-corrected chi connectivity index (χ3v) is 5.78. The highest BCUT2D eigenvalue weighted by molar-refractivity contribution is 7.99. The van der Waals surface area contributed by atoms with Crippen LogP contribution in [0.3, 0.4) is 0 Å². The van der Waals surface area contributed by atoms with Crippen molar-refractivity contribution in [2.75, 3.05) is 25.5 Å². The zero-order valence-electron chi connectivity index (χ0n) is 15.6. The number of rotatable bonds is 5. The summed E-state index contributed by atoms with van der Waals surface area (Å²) in [4.78, 5) is 14.8. The number of nitrogens with zero attached hydrogens (tertiary/aromatic N) is 3. The highest BCUT2D eigenvalue weighted by Gasteiger charge is 2.31. The second-order valence-corrected chi connectivity index (χ2v) is 7.71. The lowest BCUT2D eigenvalue weighted by atomic mass is 10.0. The topological polar surface area (TPSA) is 90.8 Å². The number of hydrogen-bond acceptors (Lipinski definition) is 8. The van der Waals surface area contributed by atoms with Gasteiger partial charge in [0.1, 0.15) is 13.2 Å². The largest absolute Gasteiger partial charge is 0.486 e. The van der Waals surface area contributed by atoms with Gasteiger partial charge in [-0.1, -0.05) is 17.8 Å². The molecule has 9 heteroatoms. The Morgan fingerprint density at radius 2 is 2.07 bits per heavy atom. The Balaban J connectivity index is 1.25. The van der Waals surface area contributed by atoms with Crippen LogP contribution in [0.1, 0.15) is 24.4 Å². The van der Waals surface area contributed by atoms with E-state index in [2.05, 4.69) is 10.2 Å². The molecule has 1 atom stereocenters. The lowest BCUT2D eigenvalue weighted by molar-refractivity contribution is -0.129. The van der Waals surface area contributed by atoms with Crippen LogP contribution in [0.4, 0.5) is 0 Å². The first kappa shape index (κ1) is 18.1. The molecule has 5 rings (SSSR count). The Labute approximate surface area is 171 Å². The van der Waals surface area contributed by atoms with Gasteiger partial charge < -0.3 is 23.2 Å². The molecule has 150 valence electrons. The molecule has 29 heavy (non-hydrogen) atoms. The van der Waals surface area contributed by atoms with Gasteiger partial charge in [-0.3, -0.25) is 4.79 Å². The minimum Gasteiger partial charge on any atom is -0.486 e. The molecule has 1 saturated heterocycles. The van der Waals surface area contributed by atoms with Gasteiger partial charge in [0.05, 0.1) is 18.1 Å². The normalized spacial score (nSPS) is 18.2. The maximum atomic E-state index is 12.9. The molecule has 0 spiro atoms. The Bertz CT molecular complexity index is 1000. The number of aromatic nitrogens is 2. The number of fused-ring (bicyclic) bond motifs is 1. The summed E-state index contributed by atoms with van der Waals surface area (Å²) in [5, 5.41) is 8.28. The summed E-state index contributed by atoms with van der Waals surface area (Å²) < 4.78 is 22.1. The number of thioether (sulfide) groups is 1.